The molecule has 0 unspecified atom stereocenters. The molecule has 0 saturated carbocycles. The van der Waals surface area contributed by atoms with Crippen molar-refractivity contribution < 1.29 is 4.52 Å². The van der Waals surface area contributed by atoms with Crippen molar-refractivity contribution in [3.05, 3.63) is 34.3 Å². The van der Waals surface area contributed by atoms with Crippen LogP contribution in [-0.4, -0.2) is 20.3 Å². The monoisotopic (exact) mass is 319 g/mol. The van der Waals surface area contributed by atoms with E-state index in [1.54, 1.807) is 6.07 Å². The van der Waals surface area contributed by atoms with Crippen LogP contribution in [0.15, 0.2) is 33.3 Å². The van der Waals surface area contributed by atoms with Gasteiger partial charge in [-0.25, -0.2) is 0 Å². The first-order valence-electron chi connectivity index (χ1n) is 5.55. The van der Waals surface area contributed by atoms with Crippen LogP contribution in [0.1, 0.15) is 5.56 Å². The van der Waals surface area contributed by atoms with E-state index < -0.39 is 0 Å². The van der Waals surface area contributed by atoms with Gasteiger partial charge in [0.1, 0.15) is 11.5 Å². The lowest BCUT2D eigenvalue weighted by Crippen LogP contribution is -1.83. The van der Waals surface area contributed by atoms with Gasteiger partial charge in [0.25, 0.3) is 5.89 Å². The Labute approximate surface area is 117 Å². The van der Waals surface area contributed by atoms with Crippen molar-refractivity contribution in [1.29, 1.82) is 0 Å². The van der Waals surface area contributed by atoms with Gasteiger partial charge >= 0.3 is 0 Å². The molecule has 0 fully saturated rings. The molecule has 2 aromatic heterocycles. The summed E-state index contributed by atoms with van der Waals surface area (Å²) in [7, 11) is 0. The predicted molar refractivity (Wildman–Crippen MR) is 74.2 cm³/mol. The molecule has 6 nitrogen and oxygen atoms in total. The highest BCUT2D eigenvalue weighted by molar-refractivity contribution is 9.10. The molecule has 3 aromatic rings. The number of aromatic amines is 1. The molecule has 0 bridgehead atoms. The molecule has 2 heterocycles. The molecule has 7 heteroatoms. The number of aromatic nitrogens is 4. The number of aryl methyl sites for hydroxylation is 1. The molecule has 0 atom stereocenters. The number of nitrogens with zero attached hydrogens (tertiary/aromatic N) is 3. The summed E-state index contributed by atoms with van der Waals surface area (Å²) in [4.78, 5) is 4.31. The first-order chi connectivity index (χ1) is 9.13. The quantitative estimate of drug-likeness (QED) is 0.757. The van der Waals surface area contributed by atoms with Crippen molar-refractivity contribution in [3.63, 3.8) is 0 Å². The molecule has 0 aliphatic carbocycles. The van der Waals surface area contributed by atoms with Gasteiger partial charge in [0, 0.05) is 16.1 Å². The van der Waals surface area contributed by atoms with Gasteiger partial charge in [-0.3, -0.25) is 5.10 Å². The normalized spacial score (nSPS) is 10.8. The number of nitrogens with one attached hydrogen (secondary N) is 1. The lowest BCUT2D eigenvalue weighted by atomic mass is 10.1. The second-order valence-corrected chi connectivity index (χ2v) is 4.95. The maximum absolute atomic E-state index is 5.53. The number of anilines is 1. The fraction of sp³-hybridized carbons (Fsp3) is 0.0833. The second kappa shape index (κ2) is 4.51. The lowest BCUT2D eigenvalue weighted by Gasteiger charge is -1.99. The van der Waals surface area contributed by atoms with E-state index in [-0.39, 0.29) is 0 Å². The average molecular weight is 320 g/mol. The zero-order valence-electron chi connectivity index (χ0n) is 10.0. The van der Waals surface area contributed by atoms with Crippen LogP contribution in [-0.2, 0) is 0 Å². The molecule has 0 aliphatic rings. The van der Waals surface area contributed by atoms with E-state index >= 15 is 0 Å². The van der Waals surface area contributed by atoms with Crippen molar-refractivity contribution in [2.75, 3.05) is 5.73 Å². The molecule has 19 heavy (non-hydrogen) atoms. The highest BCUT2D eigenvalue weighted by Gasteiger charge is 2.13. The third kappa shape index (κ3) is 2.24. The largest absolute Gasteiger partial charge is 0.382 e. The van der Waals surface area contributed by atoms with E-state index in [2.05, 4.69) is 36.3 Å². The van der Waals surface area contributed by atoms with E-state index in [4.69, 9.17) is 10.3 Å². The molecule has 3 rings (SSSR count). The van der Waals surface area contributed by atoms with Gasteiger partial charge in [-0.05, 0) is 18.6 Å². The van der Waals surface area contributed by atoms with Crippen molar-refractivity contribution >= 4 is 21.7 Å². The molecule has 0 aliphatic heterocycles. The summed E-state index contributed by atoms with van der Waals surface area (Å²) < 4.78 is 6.19. The van der Waals surface area contributed by atoms with Gasteiger partial charge in [-0.2, -0.15) is 10.1 Å². The predicted octanol–water partition coefficient (Wildman–Crippen LogP) is 2.78. The van der Waals surface area contributed by atoms with Crippen molar-refractivity contribution in [3.8, 4) is 23.0 Å². The number of hydrogen-bond donors (Lipinski definition) is 2. The fourth-order valence-corrected chi connectivity index (χ4v) is 2.01. The fourth-order valence-electron chi connectivity index (χ4n) is 1.63. The third-order valence-electron chi connectivity index (χ3n) is 2.68. The zero-order valence-corrected chi connectivity index (χ0v) is 11.6. The Kier molecular flexibility index (Phi) is 2.83. The third-order valence-corrected chi connectivity index (χ3v) is 3.54. The Bertz CT molecular complexity index is 733. The number of nitrogen functional groups attached to an aromatic ring is 1. The highest BCUT2D eigenvalue weighted by Crippen LogP contribution is 2.25. The van der Waals surface area contributed by atoms with Crippen LogP contribution in [0.3, 0.4) is 0 Å². The summed E-state index contributed by atoms with van der Waals surface area (Å²) in [5.41, 5.74) is 8.15. The summed E-state index contributed by atoms with van der Waals surface area (Å²) in [6.45, 7) is 2.02. The summed E-state index contributed by atoms with van der Waals surface area (Å²) >= 11 is 3.48. The summed E-state index contributed by atoms with van der Waals surface area (Å²) in [5, 5.41) is 10.5. The van der Waals surface area contributed by atoms with Gasteiger partial charge in [0.15, 0.2) is 0 Å². The van der Waals surface area contributed by atoms with Crippen LogP contribution in [0.25, 0.3) is 23.0 Å². The number of hydrogen-bond acceptors (Lipinski definition) is 5. The molecule has 0 spiro atoms. The zero-order chi connectivity index (χ0) is 13.4. The molecule has 3 N–H and O–H groups in total. The molecule has 96 valence electrons. The minimum atomic E-state index is 0.357. The first kappa shape index (κ1) is 11.9. The second-order valence-electron chi connectivity index (χ2n) is 4.09. The lowest BCUT2D eigenvalue weighted by molar-refractivity contribution is 0.431. The van der Waals surface area contributed by atoms with Gasteiger partial charge in [-0.1, -0.05) is 33.2 Å². The molecule has 0 saturated heterocycles. The average Bonchev–Trinajstić information content (AvgIpc) is 3.01. The molecule has 0 radical (unpaired) electrons. The van der Waals surface area contributed by atoms with Gasteiger partial charge < -0.3 is 10.3 Å². The van der Waals surface area contributed by atoms with Crippen LogP contribution < -0.4 is 5.73 Å². The molecule has 0 amide bonds. The van der Waals surface area contributed by atoms with Crippen molar-refractivity contribution in [2.45, 2.75) is 6.92 Å². The van der Waals surface area contributed by atoms with E-state index in [1.165, 1.54) is 0 Å². The van der Waals surface area contributed by atoms with E-state index in [9.17, 15) is 0 Å². The Morgan fingerprint density at radius 3 is 2.84 bits per heavy atom. The van der Waals surface area contributed by atoms with E-state index in [0.29, 0.717) is 23.2 Å². The minimum absolute atomic E-state index is 0.357. The first-order valence-corrected chi connectivity index (χ1v) is 6.34. The van der Waals surface area contributed by atoms with Crippen LogP contribution in [0.4, 0.5) is 5.82 Å². The van der Waals surface area contributed by atoms with Gasteiger partial charge in [0.05, 0.1) is 0 Å². The molecular formula is C12H10BrN5O. The van der Waals surface area contributed by atoms with Gasteiger partial charge in [0.2, 0.25) is 5.82 Å². The molecule has 1 aromatic carbocycles. The number of nitrogens with two attached hydrogens (primary N) is 1. The summed E-state index contributed by atoms with van der Waals surface area (Å²) in [5.74, 6) is 1.26. The molecular weight excluding hydrogens is 310 g/mol. The SMILES string of the molecule is Cc1ccc(-c2noc(-c3cc(N)n[nH]3)n2)cc1Br. The Hall–Kier alpha value is -2.15. The summed E-state index contributed by atoms with van der Waals surface area (Å²) in [6.07, 6.45) is 0. The van der Waals surface area contributed by atoms with E-state index in [1.807, 2.05) is 25.1 Å². The number of rotatable bonds is 2. The van der Waals surface area contributed by atoms with Crippen molar-refractivity contribution in [2.24, 2.45) is 0 Å². The van der Waals surface area contributed by atoms with E-state index in [0.717, 1.165) is 15.6 Å². The highest BCUT2D eigenvalue weighted by atomic mass is 79.9. The maximum Gasteiger partial charge on any atom is 0.276 e. The van der Waals surface area contributed by atoms with Crippen LogP contribution in [0, 0.1) is 6.92 Å². The van der Waals surface area contributed by atoms with Crippen LogP contribution in [0.5, 0.6) is 0 Å². The Morgan fingerprint density at radius 2 is 2.16 bits per heavy atom. The minimum Gasteiger partial charge on any atom is -0.382 e. The van der Waals surface area contributed by atoms with Gasteiger partial charge in [-0.15, -0.1) is 0 Å². The maximum atomic E-state index is 5.53. The number of benzene rings is 1. The summed E-state index contributed by atoms with van der Waals surface area (Å²) in [6, 6.07) is 7.52. The Balaban J connectivity index is 1.98. The van der Waals surface area contributed by atoms with Crippen LogP contribution >= 0.6 is 15.9 Å². The number of halogens is 1. The Morgan fingerprint density at radius 1 is 1.32 bits per heavy atom. The standard InChI is InChI=1S/C12H10BrN5O/c1-6-2-3-7(4-8(6)13)11-15-12(19-18-11)9-5-10(14)17-16-9/h2-5H,1H3,(H3,14,16,17). The van der Waals surface area contributed by atoms with Crippen LogP contribution in [0.2, 0.25) is 0 Å². The number of H-pyrrole nitrogens is 1. The topological polar surface area (TPSA) is 93.6 Å². The van der Waals surface area contributed by atoms with Crippen molar-refractivity contribution in [1.82, 2.24) is 20.3 Å². The smallest absolute Gasteiger partial charge is 0.276 e.